The standard InChI is InChI=1S/C29H34ClN3O4S/c1-4-19-31-29(35)22(3)32(20-24-11-9-10-14-27(24)30)28(34)21-33(25-17-15-23(5-2)16-18-25)38(36,37)26-12-7-6-8-13-26/h6-18,22H,4-5,19-21H2,1-3H3,(H,31,35)/t22-/m1/s1. The van der Waals surface area contributed by atoms with E-state index in [4.69, 9.17) is 11.6 Å². The lowest BCUT2D eigenvalue weighted by molar-refractivity contribution is -0.139. The van der Waals surface area contributed by atoms with Crippen molar-refractivity contribution in [3.8, 4) is 0 Å². The number of carbonyl (C=O) groups is 2. The molecule has 0 aliphatic heterocycles. The molecule has 7 nitrogen and oxygen atoms in total. The highest BCUT2D eigenvalue weighted by Crippen LogP contribution is 2.26. The summed E-state index contributed by atoms with van der Waals surface area (Å²) in [5, 5.41) is 3.28. The van der Waals surface area contributed by atoms with Crippen molar-refractivity contribution in [2.45, 2.75) is 51.1 Å². The van der Waals surface area contributed by atoms with Crippen molar-refractivity contribution in [1.29, 1.82) is 0 Å². The molecule has 0 spiro atoms. The Bertz CT molecular complexity index is 1330. The molecular formula is C29H34ClN3O4S. The fraction of sp³-hybridized carbons (Fsp3) is 0.310. The van der Waals surface area contributed by atoms with Gasteiger partial charge in [-0.05, 0) is 61.2 Å². The molecule has 38 heavy (non-hydrogen) atoms. The molecule has 9 heteroatoms. The first-order valence-electron chi connectivity index (χ1n) is 12.7. The van der Waals surface area contributed by atoms with Crippen molar-refractivity contribution in [2.75, 3.05) is 17.4 Å². The van der Waals surface area contributed by atoms with Gasteiger partial charge in [-0.1, -0.05) is 74.0 Å². The number of aryl methyl sites for hydroxylation is 1. The summed E-state index contributed by atoms with van der Waals surface area (Å²) >= 11 is 6.38. The molecule has 0 saturated heterocycles. The average molecular weight is 556 g/mol. The fourth-order valence-corrected chi connectivity index (χ4v) is 5.57. The summed E-state index contributed by atoms with van der Waals surface area (Å²) < 4.78 is 28.6. The molecule has 0 radical (unpaired) electrons. The zero-order chi connectivity index (χ0) is 27.7. The molecule has 0 heterocycles. The van der Waals surface area contributed by atoms with E-state index in [9.17, 15) is 18.0 Å². The second kappa shape index (κ2) is 13.4. The lowest BCUT2D eigenvalue weighted by atomic mass is 10.1. The molecule has 0 aliphatic carbocycles. The first kappa shape index (κ1) is 29.2. The van der Waals surface area contributed by atoms with E-state index < -0.39 is 28.5 Å². The zero-order valence-electron chi connectivity index (χ0n) is 21.9. The molecule has 3 rings (SSSR count). The maximum atomic E-state index is 13.9. The van der Waals surface area contributed by atoms with Crippen LogP contribution in [0.25, 0.3) is 0 Å². The lowest BCUT2D eigenvalue weighted by Crippen LogP contribution is -2.51. The molecule has 202 valence electrons. The van der Waals surface area contributed by atoms with Crippen LogP contribution in [0.4, 0.5) is 5.69 Å². The van der Waals surface area contributed by atoms with Crippen LogP contribution < -0.4 is 9.62 Å². The van der Waals surface area contributed by atoms with Crippen LogP contribution in [0.3, 0.4) is 0 Å². The number of halogens is 1. The summed E-state index contributed by atoms with van der Waals surface area (Å²) in [6.07, 6.45) is 1.54. The van der Waals surface area contributed by atoms with Crippen LogP contribution in [0, 0.1) is 0 Å². The van der Waals surface area contributed by atoms with E-state index >= 15 is 0 Å². The lowest BCUT2D eigenvalue weighted by Gasteiger charge is -2.32. The van der Waals surface area contributed by atoms with Crippen molar-refractivity contribution in [2.24, 2.45) is 0 Å². The fourth-order valence-electron chi connectivity index (χ4n) is 3.94. The van der Waals surface area contributed by atoms with Gasteiger partial charge in [-0.3, -0.25) is 13.9 Å². The Morgan fingerprint density at radius 1 is 0.921 bits per heavy atom. The minimum atomic E-state index is -4.08. The highest BCUT2D eigenvalue weighted by molar-refractivity contribution is 7.92. The van der Waals surface area contributed by atoms with Crippen molar-refractivity contribution >= 4 is 39.1 Å². The highest BCUT2D eigenvalue weighted by Gasteiger charge is 2.32. The molecule has 3 aromatic rings. The monoisotopic (exact) mass is 555 g/mol. The first-order valence-corrected chi connectivity index (χ1v) is 14.5. The van der Waals surface area contributed by atoms with Crippen molar-refractivity contribution in [1.82, 2.24) is 10.2 Å². The number of hydrogen-bond acceptors (Lipinski definition) is 4. The molecule has 0 saturated carbocycles. The molecule has 0 bridgehead atoms. The van der Waals surface area contributed by atoms with Gasteiger partial charge >= 0.3 is 0 Å². The van der Waals surface area contributed by atoms with Gasteiger partial charge in [0, 0.05) is 18.1 Å². The number of carbonyl (C=O) groups excluding carboxylic acids is 2. The van der Waals surface area contributed by atoms with Crippen LogP contribution in [0.2, 0.25) is 5.02 Å². The van der Waals surface area contributed by atoms with Crippen LogP contribution in [0.15, 0.2) is 83.8 Å². The smallest absolute Gasteiger partial charge is 0.264 e. The van der Waals surface area contributed by atoms with Gasteiger partial charge in [0.15, 0.2) is 0 Å². The number of hydrogen-bond donors (Lipinski definition) is 1. The minimum Gasteiger partial charge on any atom is -0.354 e. The maximum Gasteiger partial charge on any atom is 0.264 e. The molecule has 1 N–H and O–H groups in total. The molecule has 0 unspecified atom stereocenters. The number of anilines is 1. The summed E-state index contributed by atoms with van der Waals surface area (Å²) in [4.78, 5) is 28.2. The summed E-state index contributed by atoms with van der Waals surface area (Å²) in [5.74, 6) is -0.847. The average Bonchev–Trinajstić information content (AvgIpc) is 2.94. The Kier molecular flexibility index (Phi) is 10.3. The Morgan fingerprint density at radius 3 is 2.16 bits per heavy atom. The van der Waals surface area contributed by atoms with E-state index in [0.29, 0.717) is 22.8 Å². The predicted molar refractivity (Wildman–Crippen MR) is 152 cm³/mol. The number of nitrogens with one attached hydrogen (secondary N) is 1. The summed E-state index contributed by atoms with van der Waals surface area (Å²) in [7, 11) is -4.08. The van der Waals surface area contributed by atoms with Crippen LogP contribution >= 0.6 is 11.6 Å². The molecule has 0 aromatic heterocycles. The Morgan fingerprint density at radius 2 is 1.55 bits per heavy atom. The third-order valence-corrected chi connectivity index (χ3v) is 8.41. The van der Waals surface area contributed by atoms with Gasteiger partial charge in [0.05, 0.1) is 10.6 Å². The first-order chi connectivity index (χ1) is 18.2. The molecule has 2 amide bonds. The van der Waals surface area contributed by atoms with Crippen molar-refractivity contribution in [3.05, 3.63) is 95.0 Å². The van der Waals surface area contributed by atoms with Gasteiger partial charge in [0.1, 0.15) is 12.6 Å². The number of rotatable bonds is 12. The Labute approximate surface area is 230 Å². The van der Waals surface area contributed by atoms with Crippen molar-refractivity contribution in [3.63, 3.8) is 0 Å². The van der Waals surface area contributed by atoms with Gasteiger partial charge in [-0.2, -0.15) is 0 Å². The molecule has 3 aromatic carbocycles. The zero-order valence-corrected chi connectivity index (χ0v) is 23.5. The molecule has 0 fully saturated rings. The van der Waals surface area contributed by atoms with Crippen LogP contribution in [-0.4, -0.2) is 44.3 Å². The molecular weight excluding hydrogens is 522 g/mol. The number of nitrogens with zero attached hydrogens (tertiary/aromatic N) is 2. The van der Waals surface area contributed by atoms with Crippen LogP contribution in [-0.2, 0) is 32.6 Å². The van der Waals surface area contributed by atoms with E-state index in [-0.39, 0.29) is 17.3 Å². The van der Waals surface area contributed by atoms with E-state index in [2.05, 4.69) is 5.32 Å². The van der Waals surface area contributed by atoms with Gasteiger partial charge in [-0.25, -0.2) is 8.42 Å². The van der Waals surface area contributed by atoms with E-state index in [0.717, 1.165) is 22.7 Å². The third kappa shape index (κ3) is 7.14. The third-order valence-electron chi connectivity index (χ3n) is 6.26. The number of amides is 2. The predicted octanol–water partition coefficient (Wildman–Crippen LogP) is 5.04. The van der Waals surface area contributed by atoms with Gasteiger partial charge < -0.3 is 10.2 Å². The maximum absolute atomic E-state index is 13.9. The Hall–Kier alpha value is -3.36. The Balaban J connectivity index is 2.02. The minimum absolute atomic E-state index is 0.0488. The van der Waals surface area contributed by atoms with E-state index in [1.807, 2.05) is 26.0 Å². The summed E-state index contributed by atoms with van der Waals surface area (Å²) in [5.41, 5.74) is 2.06. The van der Waals surface area contributed by atoms with E-state index in [1.54, 1.807) is 61.5 Å². The van der Waals surface area contributed by atoms with Crippen LogP contribution in [0.1, 0.15) is 38.3 Å². The molecule has 1 atom stereocenters. The van der Waals surface area contributed by atoms with Gasteiger partial charge in [0.2, 0.25) is 11.8 Å². The second-order valence-corrected chi connectivity index (χ2v) is 11.2. The van der Waals surface area contributed by atoms with E-state index in [1.165, 1.54) is 17.0 Å². The second-order valence-electron chi connectivity index (χ2n) is 8.92. The van der Waals surface area contributed by atoms with Gasteiger partial charge in [0.25, 0.3) is 10.0 Å². The normalized spacial score (nSPS) is 12.0. The van der Waals surface area contributed by atoms with Crippen LogP contribution in [0.5, 0.6) is 0 Å². The summed E-state index contributed by atoms with van der Waals surface area (Å²) in [6.45, 7) is 5.61. The number of benzene rings is 3. The SMILES string of the molecule is CCCNC(=O)[C@@H](C)N(Cc1ccccc1Cl)C(=O)CN(c1ccc(CC)cc1)S(=O)(=O)c1ccccc1. The van der Waals surface area contributed by atoms with Gasteiger partial charge in [-0.15, -0.1) is 0 Å². The largest absolute Gasteiger partial charge is 0.354 e. The number of sulfonamides is 1. The molecule has 0 aliphatic rings. The summed E-state index contributed by atoms with van der Waals surface area (Å²) in [6, 6.07) is 21.3. The quantitative estimate of drug-likeness (QED) is 0.339. The topological polar surface area (TPSA) is 86.8 Å². The highest BCUT2D eigenvalue weighted by atomic mass is 35.5. The van der Waals surface area contributed by atoms with Crippen molar-refractivity contribution < 1.29 is 18.0 Å².